The maximum atomic E-state index is 14.2. The van der Waals surface area contributed by atoms with Crippen LogP contribution in [0.3, 0.4) is 0 Å². The van der Waals surface area contributed by atoms with E-state index in [1.807, 2.05) is 0 Å². The summed E-state index contributed by atoms with van der Waals surface area (Å²) in [5, 5.41) is 27.3. The van der Waals surface area contributed by atoms with Crippen LogP contribution in [-0.2, 0) is 5.41 Å². The van der Waals surface area contributed by atoms with Gasteiger partial charge in [0.05, 0.1) is 17.9 Å². The second-order valence-corrected chi connectivity index (χ2v) is 9.08. The molecule has 0 fully saturated rings. The number of nitrogens with one attached hydrogen (secondary N) is 1. The van der Waals surface area contributed by atoms with Crippen LogP contribution in [0.5, 0.6) is 5.75 Å². The molecule has 5 N–H and O–H groups in total. The summed E-state index contributed by atoms with van der Waals surface area (Å²) in [6, 6.07) is 4.57. The minimum Gasteiger partial charge on any atom is -0.505 e. The molecule has 0 unspecified atom stereocenters. The number of aliphatic hydroxyl groups is 1. The van der Waals surface area contributed by atoms with E-state index >= 15 is 0 Å². The van der Waals surface area contributed by atoms with Crippen molar-refractivity contribution >= 4 is 11.7 Å². The molecule has 0 spiro atoms. The molecule has 0 saturated carbocycles. The summed E-state index contributed by atoms with van der Waals surface area (Å²) in [6.45, 7) is 2.65. The molecule has 1 aromatic heterocycles. The number of carbonyl (C=O) groups is 1. The first-order valence-corrected chi connectivity index (χ1v) is 10.4. The predicted molar refractivity (Wildman–Crippen MR) is 115 cm³/mol. The highest BCUT2D eigenvalue weighted by Gasteiger charge is 2.64. The van der Waals surface area contributed by atoms with Crippen LogP contribution in [0.4, 0.5) is 27.8 Å². The Labute approximate surface area is 196 Å². The van der Waals surface area contributed by atoms with Gasteiger partial charge in [0.15, 0.2) is 17.2 Å². The van der Waals surface area contributed by atoms with Gasteiger partial charge in [-0.3, -0.25) is 4.79 Å². The lowest BCUT2D eigenvalue weighted by molar-refractivity contribution is -0.280. The number of carbonyl (C=O) groups excluding carboxylic acids is 1. The van der Waals surface area contributed by atoms with Gasteiger partial charge in [-0.15, -0.1) is 0 Å². The van der Waals surface area contributed by atoms with Gasteiger partial charge < -0.3 is 21.3 Å². The van der Waals surface area contributed by atoms with Crippen molar-refractivity contribution in [3.63, 3.8) is 0 Å². The van der Waals surface area contributed by atoms with Gasteiger partial charge in [-0.25, -0.2) is 13.5 Å². The summed E-state index contributed by atoms with van der Waals surface area (Å²) in [7, 11) is 0. The fourth-order valence-electron chi connectivity index (χ4n) is 4.65. The standard InChI is InChI=1S/C23H21F5N4O3/c1-21(2)10-22(35,23(26,27)28)18(13-7-8-15(25)17(33)16(13)21)31-20(34)14-9-30-32(19(14)29)12-5-3-11(24)4-6-12/h3-9,18,33,35H,10,29H2,1-2H3,(H,31,34)/t18-,22-/m1/s1. The van der Waals surface area contributed by atoms with Crippen molar-refractivity contribution in [3.8, 4) is 11.4 Å². The first-order chi connectivity index (χ1) is 16.2. The van der Waals surface area contributed by atoms with Crippen molar-refractivity contribution in [3.05, 3.63) is 70.9 Å². The highest BCUT2D eigenvalue weighted by atomic mass is 19.4. The molecular weight excluding hydrogens is 475 g/mol. The van der Waals surface area contributed by atoms with Crippen LogP contribution in [0.25, 0.3) is 5.69 Å². The SMILES string of the molecule is CC1(C)C[C@](O)(C(F)(F)F)[C@H](NC(=O)c2cnn(-c3ccc(F)cc3)c2N)c2ccc(F)c(O)c21. The largest absolute Gasteiger partial charge is 0.505 e. The van der Waals surface area contributed by atoms with E-state index in [2.05, 4.69) is 10.4 Å². The van der Waals surface area contributed by atoms with Crippen molar-refractivity contribution in [1.29, 1.82) is 0 Å². The van der Waals surface area contributed by atoms with Crippen LogP contribution < -0.4 is 11.1 Å². The van der Waals surface area contributed by atoms with E-state index in [1.54, 1.807) is 0 Å². The molecule has 1 amide bonds. The Kier molecular flexibility index (Phi) is 5.55. The molecule has 186 valence electrons. The fourth-order valence-corrected chi connectivity index (χ4v) is 4.65. The highest BCUT2D eigenvalue weighted by Crippen LogP contribution is 2.55. The number of halogens is 5. The molecule has 0 saturated heterocycles. The van der Waals surface area contributed by atoms with E-state index in [0.717, 1.165) is 35.1 Å². The van der Waals surface area contributed by atoms with Crippen LogP contribution in [0.2, 0.25) is 0 Å². The van der Waals surface area contributed by atoms with E-state index in [1.165, 1.54) is 26.0 Å². The Morgan fingerprint density at radius 2 is 1.80 bits per heavy atom. The average molecular weight is 496 g/mol. The molecular formula is C23H21F5N4O3. The highest BCUT2D eigenvalue weighted by molar-refractivity contribution is 5.98. The summed E-state index contributed by atoms with van der Waals surface area (Å²) in [4.78, 5) is 13.1. The van der Waals surface area contributed by atoms with Gasteiger partial charge in [-0.05, 0) is 47.7 Å². The lowest BCUT2D eigenvalue weighted by Gasteiger charge is -2.48. The van der Waals surface area contributed by atoms with E-state index in [4.69, 9.17) is 5.73 Å². The number of anilines is 1. The average Bonchev–Trinajstić information content (AvgIpc) is 3.13. The number of fused-ring (bicyclic) bond motifs is 1. The Morgan fingerprint density at radius 3 is 2.40 bits per heavy atom. The molecule has 7 nitrogen and oxygen atoms in total. The van der Waals surface area contributed by atoms with Gasteiger partial charge in [-0.1, -0.05) is 19.9 Å². The summed E-state index contributed by atoms with van der Waals surface area (Å²) in [5.41, 5.74) is 0.561. The molecule has 3 aromatic rings. The second kappa shape index (κ2) is 7.94. The lowest BCUT2D eigenvalue weighted by atomic mass is 9.63. The zero-order valence-electron chi connectivity index (χ0n) is 18.5. The van der Waals surface area contributed by atoms with Crippen molar-refractivity contribution in [2.24, 2.45) is 0 Å². The van der Waals surface area contributed by atoms with Gasteiger partial charge in [0.2, 0.25) is 0 Å². The minimum atomic E-state index is -5.20. The first kappa shape index (κ1) is 24.5. The van der Waals surface area contributed by atoms with Gasteiger partial charge >= 0.3 is 6.18 Å². The molecule has 0 bridgehead atoms. The molecule has 2 aromatic carbocycles. The number of hydrogen-bond donors (Lipinski definition) is 4. The number of benzene rings is 2. The number of alkyl halides is 3. The third-order valence-electron chi connectivity index (χ3n) is 6.23. The maximum Gasteiger partial charge on any atom is 0.419 e. The quantitative estimate of drug-likeness (QED) is 0.411. The zero-order chi connectivity index (χ0) is 25.9. The minimum absolute atomic E-state index is 0.160. The third kappa shape index (κ3) is 3.87. The van der Waals surface area contributed by atoms with Gasteiger partial charge in [-0.2, -0.15) is 18.3 Å². The number of rotatable bonds is 3. The number of phenolic OH excluding ortho intramolecular Hbond substituents is 1. The molecule has 0 radical (unpaired) electrons. The number of aromatic hydroxyl groups is 1. The number of nitrogen functional groups attached to an aromatic ring is 1. The van der Waals surface area contributed by atoms with Gasteiger partial charge in [0.25, 0.3) is 5.91 Å². The Hall–Kier alpha value is -3.67. The van der Waals surface area contributed by atoms with E-state index < -0.39 is 52.9 Å². The third-order valence-corrected chi connectivity index (χ3v) is 6.23. The van der Waals surface area contributed by atoms with E-state index in [0.29, 0.717) is 5.69 Å². The van der Waals surface area contributed by atoms with Crippen LogP contribution in [0, 0.1) is 11.6 Å². The topological polar surface area (TPSA) is 113 Å². The second-order valence-electron chi connectivity index (χ2n) is 9.08. The van der Waals surface area contributed by atoms with Gasteiger partial charge in [0.1, 0.15) is 17.2 Å². The van der Waals surface area contributed by atoms with Crippen molar-refractivity contribution in [1.82, 2.24) is 15.1 Å². The molecule has 1 aliphatic carbocycles. The monoisotopic (exact) mass is 496 g/mol. The molecule has 1 heterocycles. The van der Waals surface area contributed by atoms with Crippen molar-refractivity contribution < 1.29 is 37.0 Å². The van der Waals surface area contributed by atoms with E-state index in [-0.39, 0.29) is 22.5 Å². The van der Waals surface area contributed by atoms with Crippen molar-refractivity contribution in [2.45, 2.75) is 43.5 Å². The lowest BCUT2D eigenvalue weighted by Crippen LogP contribution is -2.60. The van der Waals surface area contributed by atoms with Crippen LogP contribution in [-0.4, -0.2) is 37.7 Å². The number of nitrogens with zero attached hydrogens (tertiary/aromatic N) is 2. The van der Waals surface area contributed by atoms with Gasteiger partial charge in [0, 0.05) is 5.56 Å². The molecule has 35 heavy (non-hydrogen) atoms. The number of phenols is 1. The number of nitrogens with two attached hydrogens (primary N) is 1. The van der Waals surface area contributed by atoms with Crippen LogP contribution in [0.15, 0.2) is 42.6 Å². The molecule has 0 aliphatic heterocycles. The summed E-state index contributed by atoms with van der Waals surface area (Å²) < 4.78 is 70.9. The number of amides is 1. The molecule has 4 rings (SSSR count). The smallest absolute Gasteiger partial charge is 0.419 e. The Balaban J connectivity index is 1.79. The maximum absolute atomic E-state index is 14.2. The fraction of sp³-hybridized carbons (Fsp3) is 0.304. The Bertz CT molecular complexity index is 1300. The summed E-state index contributed by atoms with van der Waals surface area (Å²) in [5.74, 6) is -3.78. The molecule has 1 aliphatic rings. The van der Waals surface area contributed by atoms with Crippen LogP contribution >= 0.6 is 0 Å². The van der Waals surface area contributed by atoms with E-state index in [9.17, 15) is 37.0 Å². The normalized spacial score (nSPS) is 21.4. The predicted octanol–water partition coefficient (Wildman–Crippen LogP) is 3.88. The van der Waals surface area contributed by atoms with Crippen LogP contribution in [0.1, 0.15) is 47.8 Å². The summed E-state index contributed by atoms with van der Waals surface area (Å²) >= 11 is 0. The molecule has 2 atom stereocenters. The number of aromatic nitrogens is 2. The zero-order valence-corrected chi connectivity index (χ0v) is 18.5. The Morgan fingerprint density at radius 1 is 1.17 bits per heavy atom. The van der Waals surface area contributed by atoms with Crippen molar-refractivity contribution in [2.75, 3.05) is 5.73 Å². The summed E-state index contributed by atoms with van der Waals surface area (Å²) in [6.07, 6.45) is -5.16. The first-order valence-electron chi connectivity index (χ1n) is 10.4. The molecule has 12 heteroatoms. The number of hydrogen-bond acceptors (Lipinski definition) is 5.